The SMILES string of the molecule is CCCN(CC1CC1)C(=O)c1cc(COc2ccc(OC)cc2Cl)on1. The van der Waals surface area contributed by atoms with Gasteiger partial charge in [0, 0.05) is 25.2 Å². The number of rotatable bonds is 9. The van der Waals surface area contributed by atoms with Crippen LogP contribution in [0, 0.1) is 5.92 Å². The minimum atomic E-state index is -0.0868. The summed E-state index contributed by atoms with van der Waals surface area (Å²) in [6.45, 7) is 3.73. The van der Waals surface area contributed by atoms with Gasteiger partial charge in [0.15, 0.2) is 11.5 Å². The van der Waals surface area contributed by atoms with Gasteiger partial charge in [-0.05, 0) is 37.3 Å². The van der Waals surface area contributed by atoms with Crippen molar-refractivity contribution in [3.05, 3.63) is 40.7 Å². The first-order chi connectivity index (χ1) is 12.6. The fourth-order valence-electron chi connectivity index (χ4n) is 2.68. The number of amides is 1. The molecule has 1 aromatic carbocycles. The van der Waals surface area contributed by atoms with Crippen LogP contribution in [0.4, 0.5) is 0 Å². The standard InChI is InChI=1S/C19H23ClN2O4/c1-3-8-22(11-13-4-5-13)19(23)17-10-15(26-21-17)12-25-18-7-6-14(24-2)9-16(18)20/h6-7,9-10,13H,3-5,8,11-12H2,1-2H3. The Kier molecular flexibility index (Phi) is 6.04. The molecule has 0 saturated heterocycles. The summed E-state index contributed by atoms with van der Waals surface area (Å²) < 4.78 is 16.0. The molecule has 0 atom stereocenters. The van der Waals surface area contributed by atoms with E-state index in [9.17, 15) is 4.79 Å². The molecular formula is C19H23ClN2O4. The second-order valence-electron chi connectivity index (χ2n) is 6.46. The molecular weight excluding hydrogens is 356 g/mol. The fourth-order valence-corrected chi connectivity index (χ4v) is 2.90. The van der Waals surface area contributed by atoms with Gasteiger partial charge in [-0.2, -0.15) is 0 Å². The number of methoxy groups -OCH3 is 1. The fraction of sp³-hybridized carbons (Fsp3) is 0.474. The molecule has 0 bridgehead atoms. The van der Waals surface area contributed by atoms with Gasteiger partial charge in [-0.1, -0.05) is 23.7 Å². The summed E-state index contributed by atoms with van der Waals surface area (Å²) in [5, 5.41) is 4.35. The summed E-state index contributed by atoms with van der Waals surface area (Å²) in [4.78, 5) is 14.5. The average molecular weight is 379 g/mol. The van der Waals surface area contributed by atoms with Gasteiger partial charge < -0.3 is 18.9 Å². The largest absolute Gasteiger partial charge is 0.497 e. The zero-order chi connectivity index (χ0) is 18.5. The van der Waals surface area contributed by atoms with E-state index in [0.29, 0.717) is 33.9 Å². The summed E-state index contributed by atoms with van der Waals surface area (Å²) in [5.74, 6) is 2.19. The maximum atomic E-state index is 12.6. The molecule has 26 heavy (non-hydrogen) atoms. The Morgan fingerprint density at radius 2 is 2.19 bits per heavy atom. The lowest BCUT2D eigenvalue weighted by atomic mass is 10.2. The van der Waals surface area contributed by atoms with Crippen molar-refractivity contribution in [2.45, 2.75) is 32.8 Å². The van der Waals surface area contributed by atoms with Gasteiger partial charge in [0.25, 0.3) is 5.91 Å². The normalized spacial score (nSPS) is 13.5. The van der Waals surface area contributed by atoms with E-state index in [-0.39, 0.29) is 12.5 Å². The Bertz CT molecular complexity index is 758. The Labute approximate surface area is 158 Å². The predicted octanol–water partition coefficient (Wildman–Crippen LogP) is 4.18. The number of carbonyl (C=O) groups is 1. The Morgan fingerprint density at radius 1 is 1.38 bits per heavy atom. The van der Waals surface area contributed by atoms with Crippen LogP contribution in [0.15, 0.2) is 28.8 Å². The van der Waals surface area contributed by atoms with Crippen LogP contribution in [-0.2, 0) is 6.61 Å². The van der Waals surface area contributed by atoms with E-state index in [2.05, 4.69) is 12.1 Å². The van der Waals surface area contributed by atoms with E-state index in [4.69, 9.17) is 25.6 Å². The molecule has 0 radical (unpaired) electrons. The first-order valence-electron chi connectivity index (χ1n) is 8.82. The first-order valence-corrected chi connectivity index (χ1v) is 9.19. The lowest BCUT2D eigenvalue weighted by Gasteiger charge is -2.20. The average Bonchev–Trinajstić information content (AvgIpc) is 3.34. The van der Waals surface area contributed by atoms with Crippen LogP contribution >= 0.6 is 11.6 Å². The van der Waals surface area contributed by atoms with E-state index in [1.165, 1.54) is 12.8 Å². The summed E-state index contributed by atoms with van der Waals surface area (Å²) in [6, 6.07) is 6.79. The highest BCUT2D eigenvalue weighted by atomic mass is 35.5. The third-order valence-electron chi connectivity index (χ3n) is 4.24. The van der Waals surface area contributed by atoms with E-state index in [1.54, 1.807) is 31.4 Å². The zero-order valence-electron chi connectivity index (χ0n) is 15.0. The number of ether oxygens (including phenoxy) is 2. The molecule has 0 unspecified atom stereocenters. The quantitative estimate of drug-likeness (QED) is 0.655. The molecule has 0 N–H and O–H groups in total. The number of carbonyl (C=O) groups excluding carboxylic acids is 1. The van der Waals surface area contributed by atoms with E-state index >= 15 is 0 Å². The monoisotopic (exact) mass is 378 g/mol. The molecule has 1 amide bonds. The highest BCUT2D eigenvalue weighted by Gasteiger charge is 2.28. The number of aromatic nitrogens is 1. The smallest absolute Gasteiger partial charge is 0.276 e. The molecule has 1 saturated carbocycles. The molecule has 140 valence electrons. The van der Waals surface area contributed by atoms with Crippen molar-refractivity contribution >= 4 is 17.5 Å². The van der Waals surface area contributed by atoms with Crippen molar-refractivity contribution in [2.24, 2.45) is 5.92 Å². The summed E-state index contributed by atoms with van der Waals surface area (Å²) in [7, 11) is 1.57. The number of hydrogen-bond acceptors (Lipinski definition) is 5. The van der Waals surface area contributed by atoms with Gasteiger partial charge >= 0.3 is 0 Å². The summed E-state index contributed by atoms with van der Waals surface area (Å²) in [6.07, 6.45) is 3.32. The van der Waals surface area contributed by atoms with Crippen LogP contribution in [0.1, 0.15) is 42.4 Å². The highest BCUT2D eigenvalue weighted by Crippen LogP contribution is 2.31. The maximum Gasteiger partial charge on any atom is 0.276 e. The second-order valence-corrected chi connectivity index (χ2v) is 6.87. The Hall–Kier alpha value is -2.21. The molecule has 1 aliphatic rings. The molecule has 1 fully saturated rings. The van der Waals surface area contributed by atoms with Gasteiger partial charge in [-0.3, -0.25) is 4.79 Å². The lowest BCUT2D eigenvalue weighted by molar-refractivity contribution is 0.0737. The van der Waals surface area contributed by atoms with Gasteiger partial charge in [0.2, 0.25) is 0 Å². The van der Waals surface area contributed by atoms with Crippen LogP contribution in [0.25, 0.3) is 0 Å². The minimum absolute atomic E-state index is 0.0868. The molecule has 1 aromatic heterocycles. The summed E-state index contributed by atoms with van der Waals surface area (Å²) >= 11 is 6.15. The maximum absolute atomic E-state index is 12.6. The van der Waals surface area contributed by atoms with Crippen LogP contribution in [-0.4, -0.2) is 36.2 Å². The molecule has 6 nitrogen and oxygen atoms in total. The van der Waals surface area contributed by atoms with Crippen LogP contribution in [0.5, 0.6) is 11.5 Å². The van der Waals surface area contributed by atoms with Gasteiger partial charge in [-0.15, -0.1) is 0 Å². The number of hydrogen-bond donors (Lipinski definition) is 0. The van der Waals surface area contributed by atoms with E-state index < -0.39 is 0 Å². The molecule has 2 aromatic rings. The zero-order valence-corrected chi connectivity index (χ0v) is 15.8. The third kappa shape index (κ3) is 4.69. The topological polar surface area (TPSA) is 64.8 Å². The van der Waals surface area contributed by atoms with Crippen molar-refractivity contribution < 1.29 is 18.8 Å². The second kappa shape index (κ2) is 8.45. The van der Waals surface area contributed by atoms with Crippen molar-refractivity contribution in [1.29, 1.82) is 0 Å². The van der Waals surface area contributed by atoms with Crippen molar-refractivity contribution in [3.8, 4) is 11.5 Å². The molecule has 0 aliphatic heterocycles. The first kappa shape index (κ1) is 18.6. The van der Waals surface area contributed by atoms with E-state index in [0.717, 1.165) is 19.5 Å². The third-order valence-corrected chi connectivity index (χ3v) is 4.54. The predicted molar refractivity (Wildman–Crippen MR) is 97.8 cm³/mol. The Balaban J connectivity index is 1.60. The van der Waals surface area contributed by atoms with Gasteiger partial charge in [-0.25, -0.2) is 0 Å². The summed E-state index contributed by atoms with van der Waals surface area (Å²) in [5.41, 5.74) is 0.318. The minimum Gasteiger partial charge on any atom is -0.497 e. The van der Waals surface area contributed by atoms with Crippen LogP contribution in [0.2, 0.25) is 5.02 Å². The molecule has 1 heterocycles. The van der Waals surface area contributed by atoms with Crippen molar-refractivity contribution in [1.82, 2.24) is 10.1 Å². The van der Waals surface area contributed by atoms with Crippen LogP contribution < -0.4 is 9.47 Å². The van der Waals surface area contributed by atoms with Crippen molar-refractivity contribution in [2.75, 3.05) is 20.2 Å². The van der Waals surface area contributed by atoms with Gasteiger partial charge in [0.1, 0.15) is 18.1 Å². The number of benzene rings is 1. The molecule has 1 aliphatic carbocycles. The van der Waals surface area contributed by atoms with Crippen molar-refractivity contribution in [3.63, 3.8) is 0 Å². The molecule has 7 heteroatoms. The molecule has 3 rings (SSSR count). The van der Waals surface area contributed by atoms with Gasteiger partial charge in [0.05, 0.1) is 12.1 Å². The highest BCUT2D eigenvalue weighted by molar-refractivity contribution is 6.32. The lowest BCUT2D eigenvalue weighted by Crippen LogP contribution is -2.33. The number of halogens is 1. The Morgan fingerprint density at radius 3 is 2.85 bits per heavy atom. The van der Waals surface area contributed by atoms with E-state index in [1.807, 2.05) is 4.90 Å². The number of nitrogens with zero attached hydrogens (tertiary/aromatic N) is 2. The van der Waals surface area contributed by atoms with Crippen LogP contribution in [0.3, 0.4) is 0 Å². The molecule has 0 spiro atoms.